The van der Waals surface area contributed by atoms with Gasteiger partial charge in [-0.25, -0.2) is 0 Å². The van der Waals surface area contributed by atoms with Gasteiger partial charge >= 0.3 is 0 Å². The Kier molecular flexibility index (Phi) is 7.69. The van der Waals surface area contributed by atoms with Crippen LogP contribution in [-0.4, -0.2) is 35.8 Å². The van der Waals surface area contributed by atoms with Crippen LogP contribution < -0.4 is 5.32 Å². The molecule has 3 heteroatoms. The Morgan fingerprint density at radius 3 is 2.50 bits per heavy atom. The molecule has 0 aliphatic carbocycles. The second kappa shape index (κ2) is 7.55. The highest BCUT2D eigenvalue weighted by atomic mass is 32.2. The summed E-state index contributed by atoms with van der Waals surface area (Å²) in [5, 5.41) is 13.0. The second-order valence-electron chi connectivity index (χ2n) is 4.64. The van der Waals surface area contributed by atoms with Gasteiger partial charge in [0.1, 0.15) is 0 Å². The molecule has 2 N–H and O–H groups in total. The summed E-state index contributed by atoms with van der Waals surface area (Å²) in [5.41, 5.74) is -0.00876. The molecule has 0 aromatic carbocycles. The van der Waals surface area contributed by atoms with Crippen molar-refractivity contribution < 1.29 is 5.11 Å². The van der Waals surface area contributed by atoms with E-state index in [0.29, 0.717) is 6.54 Å². The number of nitrogens with one attached hydrogen (secondary N) is 1. The minimum absolute atomic E-state index is 0.00876. The molecule has 0 aliphatic rings. The van der Waals surface area contributed by atoms with Crippen molar-refractivity contribution in [3.63, 3.8) is 0 Å². The molecule has 1 atom stereocenters. The fraction of sp³-hybridized carbons (Fsp3) is 1.00. The first-order valence-corrected chi connectivity index (χ1v) is 6.60. The van der Waals surface area contributed by atoms with Gasteiger partial charge in [0.2, 0.25) is 0 Å². The number of hydrogen-bond donors (Lipinski definition) is 2. The zero-order valence-corrected chi connectivity index (χ0v) is 10.8. The number of aliphatic hydroxyl groups is 1. The molecule has 2 nitrogen and oxygen atoms in total. The highest BCUT2D eigenvalue weighted by molar-refractivity contribution is 7.99. The molecule has 14 heavy (non-hydrogen) atoms. The molecule has 0 rings (SSSR count). The minimum Gasteiger partial charge on any atom is -0.391 e. The molecule has 0 fully saturated rings. The van der Waals surface area contributed by atoms with Gasteiger partial charge in [0.25, 0.3) is 0 Å². The number of rotatable bonds is 7. The van der Waals surface area contributed by atoms with E-state index in [1.54, 1.807) is 0 Å². The zero-order chi connectivity index (χ0) is 11.0. The molecule has 0 amide bonds. The summed E-state index contributed by atoms with van der Waals surface area (Å²) in [6, 6.07) is 0. The first-order chi connectivity index (χ1) is 6.48. The topological polar surface area (TPSA) is 32.3 Å². The third-order valence-electron chi connectivity index (χ3n) is 2.18. The normalized spacial score (nSPS) is 14.4. The summed E-state index contributed by atoms with van der Waals surface area (Å²) < 4.78 is 0. The Bertz CT molecular complexity index is 134. The molecular formula is C11H25NOS. The van der Waals surface area contributed by atoms with Crippen LogP contribution in [0.15, 0.2) is 0 Å². The highest BCUT2D eigenvalue weighted by Gasteiger charge is 2.20. The summed E-state index contributed by atoms with van der Waals surface area (Å²) in [5.74, 6) is 2.42. The molecule has 0 bridgehead atoms. The van der Waals surface area contributed by atoms with Gasteiger partial charge in [-0.15, -0.1) is 0 Å². The lowest BCUT2D eigenvalue weighted by Crippen LogP contribution is -2.37. The van der Waals surface area contributed by atoms with E-state index in [4.69, 9.17) is 0 Å². The van der Waals surface area contributed by atoms with Crippen LogP contribution in [0.3, 0.4) is 0 Å². The fourth-order valence-electron chi connectivity index (χ4n) is 0.989. The third kappa shape index (κ3) is 7.65. The summed E-state index contributed by atoms with van der Waals surface area (Å²) in [6.07, 6.45) is 0.941. The minimum atomic E-state index is -0.249. The van der Waals surface area contributed by atoms with Crippen molar-refractivity contribution in [2.75, 3.05) is 24.6 Å². The first kappa shape index (κ1) is 14.3. The largest absolute Gasteiger partial charge is 0.391 e. The SMILES string of the molecule is CCSCCCNCC(O)C(C)(C)C. The Morgan fingerprint density at radius 2 is 2.00 bits per heavy atom. The second-order valence-corrected chi connectivity index (χ2v) is 6.03. The van der Waals surface area contributed by atoms with E-state index in [2.05, 4.69) is 33.0 Å². The maximum Gasteiger partial charge on any atom is 0.0712 e. The predicted molar refractivity (Wildman–Crippen MR) is 65.9 cm³/mol. The first-order valence-electron chi connectivity index (χ1n) is 5.45. The van der Waals surface area contributed by atoms with Crippen LogP contribution in [0, 0.1) is 5.41 Å². The van der Waals surface area contributed by atoms with Gasteiger partial charge in [0.15, 0.2) is 0 Å². The van der Waals surface area contributed by atoms with Crippen molar-refractivity contribution in [1.82, 2.24) is 5.32 Å². The monoisotopic (exact) mass is 219 g/mol. The fourth-order valence-corrected chi connectivity index (χ4v) is 1.63. The Labute approximate surface area is 92.9 Å². The lowest BCUT2D eigenvalue weighted by Gasteiger charge is -2.25. The predicted octanol–water partition coefficient (Wildman–Crippen LogP) is 2.13. The molecular weight excluding hydrogens is 194 g/mol. The van der Waals surface area contributed by atoms with Gasteiger partial charge in [0.05, 0.1) is 6.10 Å². The number of aliphatic hydroxyl groups excluding tert-OH is 1. The standard InChI is InChI=1S/C11H25NOS/c1-5-14-8-6-7-12-9-10(13)11(2,3)4/h10,12-13H,5-9H2,1-4H3. The van der Waals surface area contributed by atoms with Crippen LogP contribution in [0.5, 0.6) is 0 Å². The van der Waals surface area contributed by atoms with Gasteiger partial charge in [-0.2, -0.15) is 11.8 Å². The van der Waals surface area contributed by atoms with Gasteiger partial charge in [-0.1, -0.05) is 27.7 Å². The molecule has 0 heterocycles. The van der Waals surface area contributed by atoms with Gasteiger partial charge in [-0.3, -0.25) is 0 Å². The van der Waals surface area contributed by atoms with Gasteiger partial charge < -0.3 is 10.4 Å². The van der Waals surface area contributed by atoms with Crippen LogP contribution in [0.1, 0.15) is 34.1 Å². The average Bonchev–Trinajstić information content (AvgIpc) is 2.09. The van der Waals surface area contributed by atoms with Crippen LogP contribution in [-0.2, 0) is 0 Å². The Morgan fingerprint density at radius 1 is 1.36 bits per heavy atom. The summed E-state index contributed by atoms with van der Waals surface area (Å²) in [6.45, 7) is 10.1. The Balaban J connectivity index is 3.28. The number of thioether (sulfide) groups is 1. The molecule has 0 spiro atoms. The smallest absolute Gasteiger partial charge is 0.0712 e. The van der Waals surface area contributed by atoms with Crippen molar-refractivity contribution in [3.05, 3.63) is 0 Å². The molecule has 0 radical (unpaired) electrons. The molecule has 0 aromatic rings. The molecule has 0 aliphatic heterocycles. The Hall–Kier alpha value is 0.270. The average molecular weight is 219 g/mol. The van der Waals surface area contributed by atoms with Gasteiger partial charge in [0, 0.05) is 6.54 Å². The zero-order valence-electron chi connectivity index (χ0n) is 9.97. The molecule has 0 saturated heterocycles. The molecule has 0 saturated carbocycles. The highest BCUT2D eigenvalue weighted by Crippen LogP contribution is 2.17. The quantitative estimate of drug-likeness (QED) is 0.643. The van der Waals surface area contributed by atoms with E-state index in [9.17, 15) is 5.11 Å². The van der Waals surface area contributed by atoms with Crippen molar-refractivity contribution in [1.29, 1.82) is 0 Å². The van der Waals surface area contributed by atoms with Crippen molar-refractivity contribution in [2.24, 2.45) is 5.41 Å². The van der Waals surface area contributed by atoms with E-state index in [1.165, 1.54) is 17.9 Å². The maximum atomic E-state index is 9.72. The van der Waals surface area contributed by atoms with E-state index in [0.717, 1.165) is 6.54 Å². The lowest BCUT2D eigenvalue weighted by atomic mass is 9.89. The lowest BCUT2D eigenvalue weighted by molar-refractivity contribution is 0.0632. The molecule has 86 valence electrons. The summed E-state index contributed by atoms with van der Waals surface area (Å²) in [4.78, 5) is 0. The van der Waals surface area contributed by atoms with Crippen molar-refractivity contribution in [2.45, 2.75) is 40.2 Å². The van der Waals surface area contributed by atoms with E-state index < -0.39 is 0 Å². The van der Waals surface area contributed by atoms with Crippen molar-refractivity contribution in [3.8, 4) is 0 Å². The van der Waals surface area contributed by atoms with Crippen LogP contribution >= 0.6 is 11.8 Å². The summed E-state index contributed by atoms with van der Waals surface area (Å²) >= 11 is 1.97. The van der Waals surface area contributed by atoms with Gasteiger partial charge in [-0.05, 0) is 29.9 Å². The summed E-state index contributed by atoms with van der Waals surface area (Å²) in [7, 11) is 0. The van der Waals surface area contributed by atoms with Crippen LogP contribution in [0.4, 0.5) is 0 Å². The maximum absolute atomic E-state index is 9.72. The van der Waals surface area contributed by atoms with E-state index in [-0.39, 0.29) is 11.5 Å². The van der Waals surface area contributed by atoms with Crippen LogP contribution in [0.25, 0.3) is 0 Å². The van der Waals surface area contributed by atoms with Crippen molar-refractivity contribution >= 4 is 11.8 Å². The third-order valence-corrected chi connectivity index (χ3v) is 3.17. The molecule has 1 unspecified atom stereocenters. The number of hydrogen-bond acceptors (Lipinski definition) is 3. The molecule has 0 aromatic heterocycles. The van der Waals surface area contributed by atoms with E-state index >= 15 is 0 Å². The van der Waals surface area contributed by atoms with Crippen LogP contribution in [0.2, 0.25) is 0 Å². The van der Waals surface area contributed by atoms with E-state index in [1.807, 2.05) is 11.8 Å².